The summed E-state index contributed by atoms with van der Waals surface area (Å²) in [5.41, 5.74) is 1.05. The van der Waals surface area contributed by atoms with Crippen LogP contribution in [0, 0.1) is 24.0 Å². The van der Waals surface area contributed by atoms with E-state index in [2.05, 4.69) is 5.32 Å². The van der Waals surface area contributed by atoms with E-state index < -0.39 is 28.3 Å². The Bertz CT molecular complexity index is 1050. The van der Waals surface area contributed by atoms with Gasteiger partial charge in [0.1, 0.15) is 11.3 Å². The number of barbiturate groups is 1. The number of nitro groups is 1. The van der Waals surface area contributed by atoms with E-state index in [1.54, 1.807) is 26.0 Å². The number of aromatic hydroxyl groups is 1. The number of nitro benzene ring substituents is 1. The number of non-ortho nitro benzene ring substituents is 1. The monoisotopic (exact) mass is 381 g/mol. The minimum Gasteiger partial charge on any atom is -0.507 e. The van der Waals surface area contributed by atoms with Gasteiger partial charge in [0.25, 0.3) is 17.5 Å². The number of benzene rings is 2. The zero-order chi connectivity index (χ0) is 20.6. The Hall–Kier alpha value is -4.01. The number of hydrogen-bond donors (Lipinski definition) is 2. The predicted molar refractivity (Wildman–Crippen MR) is 99.7 cm³/mol. The standard InChI is InChI=1S/C19H15N3O6/c1-10-5-11(2)7-14(6-10)21-18(25)15(17(24)20-19(21)26)9-12-8-13(22(27)28)3-4-16(12)23/h3-9,23H,1-2H3,(H,20,24,26)/b15-9+. The van der Waals surface area contributed by atoms with E-state index >= 15 is 0 Å². The number of anilines is 1. The fourth-order valence-corrected chi connectivity index (χ4v) is 2.90. The molecule has 0 bridgehead atoms. The molecular formula is C19H15N3O6. The molecule has 2 N–H and O–H groups in total. The number of carbonyl (C=O) groups excluding carboxylic acids is 3. The minimum atomic E-state index is -0.957. The number of imide groups is 2. The Morgan fingerprint density at radius 1 is 1.07 bits per heavy atom. The van der Waals surface area contributed by atoms with E-state index in [1.807, 2.05) is 6.07 Å². The van der Waals surface area contributed by atoms with Crippen LogP contribution in [0.3, 0.4) is 0 Å². The van der Waals surface area contributed by atoms with E-state index in [-0.39, 0.29) is 22.7 Å². The molecule has 0 atom stereocenters. The number of urea groups is 1. The van der Waals surface area contributed by atoms with Gasteiger partial charge in [-0.1, -0.05) is 6.07 Å². The quantitative estimate of drug-likeness (QED) is 0.364. The second kappa shape index (κ2) is 6.95. The van der Waals surface area contributed by atoms with Crippen molar-refractivity contribution in [2.45, 2.75) is 13.8 Å². The van der Waals surface area contributed by atoms with Gasteiger partial charge in [-0.3, -0.25) is 25.0 Å². The lowest BCUT2D eigenvalue weighted by molar-refractivity contribution is -0.384. The highest BCUT2D eigenvalue weighted by molar-refractivity contribution is 6.39. The van der Waals surface area contributed by atoms with Gasteiger partial charge in [-0.2, -0.15) is 0 Å². The number of nitrogens with zero attached hydrogens (tertiary/aromatic N) is 2. The largest absolute Gasteiger partial charge is 0.507 e. The van der Waals surface area contributed by atoms with Crippen molar-refractivity contribution in [2.75, 3.05) is 4.90 Å². The summed E-state index contributed by atoms with van der Waals surface area (Å²) < 4.78 is 0. The van der Waals surface area contributed by atoms with E-state index in [0.29, 0.717) is 0 Å². The fraction of sp³-hybridized carbons (Fsp3) is 0.105. The number of hydrogen-bond acceptors (Lipinski definition) is 6. The zero-order valence-corrected chi connectivity index (χ0v) is 14.9. The van der Waals surface area contributed by atoms with Crippen molar-refractivity contribution >= 4 is 35.3 Å². The maximum Gasteiger partial charge on any atom is 0.335 e. The van der Waals surface area contributed by atoms with Gasteiger partial charge in [0, 0.05) is 17.7 Å². The first-order valence-corrected chi connectivity index (χ1v) is 8.14. The third-order valence-corrected chi connectivity index (χ3v) is 4.09. The topological polar surface area (TPSA) is 130 Å². The van der Waals surface area contributed by atoms with Crippen molar-refractivity contribution in [1.29, 1.82) is 0 Å². The van der Waals surface area contributed by atoms with Crippen molar-refractivity contribution in [3.63, 3.8) is 0 Å². The summed E-state index contributed by atoms with van der Waals surface area (Å²) in [5.74, 6) is -2.21. The molecule has 1 heterocycles. The van der Waals surface area contributed by atoms with Gasteiger partial charge in [-0.25, -0.2) is 9.69 Å². The molecule has 1 aliphatic rings. The van der Waals surface area contributed by atoms with E-state index in [0.717, 1.165) is 40.3 Å². The van der Waals surface area contributed by atoms with Crippen LogP contribution >= 0.6 is 0 Å². The SMILES string of the molecule is Cc1cc(C)cc(N2C(=O)NC(=O)/C(=C\c3cc([N+](=O)[O-])ccc3O)C2=O)c1. The summed E-state index contributed by atoms with van der Waals surface area (Å²) in [6, 6.07) is 7.39. The van der Waals surface area contributed by atoms with E-state index in [9.17, 15) is 29.6 Å². The van der Waals surface area contributed by atoms with Gasteiger partial charge < -0.3 is 5.11 Å². The molecule has 28 heavy (non-hydrogen) atoms. The molecule has 0 radical (unpaired) electrons. The molecule has 0 aliphatic carbocycles. The van der Waals surface area contributed by atoms with Gasteiger partial charge in [-0.05, 0) is 49.2 Å². The average Bonchev–Trinajstić information content (AvgIpc) is 2.58. The van der Waals surface area contributed by atoms with Crippen LogP contribution in [0.1, 0.15) is 16.7 Å². The third kappa shape index (κ3) is 3.45. The van der Waals surface area contributed by atoms with E-state index in [1.165, 1.54) is 0 Å². The summed E-state index contributed by atoms with van der Waals surface area (Å²) in [6.45, 7) is 3.59. The highest BCUT2D eigenvalue weighted by atomic mass is 16.6. The Balaban J connectivity index is 2.09. The highest BCUT2D eigenvalue weighted by Crippen LogP contribution is 2.28. The Morgan fingerprint density at radius 2 is 1.71 bits per heavy atom. The van der Waals surface area contributed by atoms with Gasteiger partial charge in [-0.15, -0.1) is 0 Å². The Morgan fingerprint density at radius 3 is 2.32 bits per heavy atom. The van der Waals surface area contributed by atoms with Crippen LogP contribution in [0.5, 0.6) is 5.75 Å². The molecular weight excluding hydrogens is 366 g/mol. The molecule has 1 aliphatic heterocycles. The second-order valence-electron chi connectivity index (χ2n) is 6.30. The first-order chi connectivity index (χ1) is 13.2. The zero-order valence-electron chi connectivity index (χ0n) is 14.9. The molecule has 1 fully saturated rings. The number of phenolic OH excluding ortho intramolecular Hbond substituents is 1. The smallest absolute Gasteiger partial charge is 0.335 e. The van der Waals surface area contributed by atoms with Gasteiger partial charge in [0.05, 0.1) is 10.6 Å². The first kappa shape index (κ1) is 18.8. The first-order valence-electron chi connectivity index (χ1n) is 8.14. The van der Waals surface area contributed by atoms with Crippen LogP contribution < -0.4 is 10.2 Å². The second-order valence-corrected chi connectivity index (χ2v) is 6.30. The number of phenols is 1. The molecule has 0 saturated carbocycles. The lowest BCUT2D eigenvalue weighted by Gasteiger charge is -2.27. The summed E-state index contributed by atoms with van der Waals surface area (Å²) >= 11 is 0. The minimum absolute atomic E-state index is 0.0950. The molecule has 9 nitrogen and oxygen atoms in total. The number of aryl methyl sites for hydroxylation is 2. The molecule has 142 valence electrons. The van der Waals surface area contributed by atoms with Crippen molar-refractivity contribution in [2.24, 2.45) is 0 Å². The summed E-state index contributed by atoms with van der Waals surface area (Å²) in [5, 5.41) is 22.9. The number of amides is 4. The van der Waals surface area contributed by atoms with Crippen molar-refractivity contribution in [3.05, 3.63) is 68.8 Å². The maximum absolute atomic E-state index is 12.9. The van der Waals surface area contributed by atoms with Crippen molar-refractivity contribution < 1.29 is 24.4 Å². The number of carbonyl (C=O) groups is 3. The predicted octanol–water partition coefficient (Wildman–Crippen LogP) is 2.58. The molecule has 3 rings (SSSR count). The summed E-state index contributed by atoms with van der Waals surface area (Å²) in [4.78, 5) is 48.4. The normalized spacial score (nSPS) is 15.7. The van der Waals surface area contributed by atoms with Gasteiger partial charge >= 0.3 is 6.03 Å². The van der Waals surface area contributed by atoms with Gasteiger partial charge in [0.15, 0.2) is 0 Å². The number of nitrogens with one attached hydrogen (secondary N) is 1. The lowest BCUT2D eigenvalue weighted by Crippen LogP contribution is -2.54. The van der Waals surface area contributed by atoms with Crippen LogP contribution in [0.15, 0.2) is 42.0 Å². The molecule has 1 saturated heterocycles. The average molecular weight is 381 g/mol. The van der Waals surface area contributed by atoms with Crippen LogP contribution in [-0.2, 0) is 9.59 Å². The van der Waals surface area contributed by atoms with Crippen LogP contribution in [0.25, 0.3) is 6.08 Å². The summed E-state index contributed by atoms with van der Waals surface area (Å²) in [6.07, 6.45) is 1.02. The molecule has 2 aromatic carbocycles. The summed E-state index contributed by atoms with van der Waals surface area (Å²) in [7, 11) is 0. The van der Waals surface area contributed by atoms with Gasteiger partial charge in [0.2, 0.25) is 0 Å². The maximum atomic E-state index is 12.9. The van der Waals surface area contributed by atoms with Crippen LogP contribution in [0.4, 0.5) is 16.2 Å². The molecule has 4 amide bonds. The van der Waals surface area contributed by atoms with Crippen LogP contribution in [-0.4, -0.2) is 27.9 Å². The van der Waals surface area contributed by atoms with Crippen LogP contribution in [0.2, 0.25) is 0 Å². The van der Waals surface area contributed by atoms with Crippen molar-refractivity contribution in [1.82, 2.24) is 5.32 Å². The van der Waals surface area contributed by atoms with E-state index in [4.69, 9.17) is 0 Å². The molecule has 2 aromatic rings. The molecule has 9 heteroatoms. The third-order valence-electron chi connectivity index (χ3n) is 4.09. The fourth-order valence-electron chi connectivity index (χ4n) is 2.90. The Kier molecular flexibility index (Phi) is 4.66. The Labute approximate surface area is 159 Å². The number of rotatable bonds is 3. The highest BCUT2D eigenvalue weighted by Gasteiger charge is 2.37. The molecule has 0 aromatic heterocycles. The molecule has 0 spiro atoms. The lowest BCUT2D eigenvalue weighted by atomic mass is 10.0. The van der Waals surface area contributed by atoms with Crippen molar-refractivity contribution in [3.8, 4) is 5.75 Å². The molecule has 0 unspecified atom stereocenters.